The van der Waals surface area contributed by atoms with Crippen molar-refractivity contribution in [2.75, 3.05) is 0 Å². The number of nitrogens with zero attached hydrogens (tertiary/aromatic N) is 1. The van der Waals surface area contributed by atoms with Gasteiger partial charge in [0, 0.05) is 17.0 Å². The Morgan fingerprint density at radius 1 is 1.16 bits per heavy atom. The summed E-state index contributed by atoms with van der Waals surface area (Å²) in [5.74, 6) is -2.37. The lowest BCUT2D eigenvalue weighted by molar-refractivity contribution is -0.139. The molecule has 0 spiro atoms. The Morgan fingerprint density at radius 3 is 2.47 bits per heavy atom. The molecule has 2 aromatic carbocycles. The molecule has 7 heteroatoms. The predicted octanol–water partition coefficient (Wildman–Crippen LogP) is 6.07. The van der Waals surface area contributed by atoms with Crippen molar-refractivity contribution in [2.24, 2.45) is 5.92 Å². The molecule has 2 fully saturated rings. The topological polar surface area (TPSA) is 73.1 Å². The molecule has 1 aliphatic carbocycles. The Balaban J connectivity index is 1.90. The van der Waals surface area contributed by atoms with Gasteiger partial charge in [-0.2, -0.15) is 5.26 Å². The highest BCUT2D eigenvalue weighted by Gasteiger charge is 2.60. The number of aliphatic carboxylic acids is 1. The Hall–Kier alpha value is -2.13. The summed E-state index contributed by atoms with van der Waals surface area (Å²) in [4.78, 5) is 12.4. The molecule has 1 aliphatic heterocycles. The van der Waals surface area contributed by atoms with Crippen molar-refractivity contribution < 1.29 is 14.3 Å². The second-order valence-electron chi connectivity index (χ2n) is 8.88. The van der Waals surface area contributed by atoms with E-state index in [9.17, 15) is 15.2 Å². The van der Waals surface area contributed by atoms with Gasteiger partial charge in [0.1, 0.15) is 17.3 Å². The highest BCUT2D eigenvalue weighted by molar-refractivity contribution is 6.31. The summed E-state index contributed by atoms with van der Waals surface area (Å²) in [6.07, 6.45) is 6.21. The summed E-state index contributed by atoms with van der Waals surface area (Å²) in [5, 5.41) is 24.4. The predicted molar refractivity (Wildman–Crippen MR) is 122 cm³/mol. The summed E-state index contributed by atoms with van der Waals surface area (Å²) < 4.78 is 15.3. The SMILES string of the molecule is N#C[C@]1(c2ccc(Cl)cc2)[C@H](CC2CCCCC2)N[C@H](C(=O)O)[C@@H]1c1cccc(Cl)c1F. The van der Waals surface area contributed by atoms with Crippen molar-refractivity contribution in [3.8, 4) is 6.07 Å². The number of halogens is 3. The Bertz CT molecular complexity index is 1030. The minimum atomic E-state index is -1.30. The first kappa shape index (κ1) is 23.0. The van der Waals surface area contributed by atoms with Gasteiger partial charge in [-0.05, 0) is 41.7 Å². The second kappa shape index (κ2) is 9.39. The van der Waals surface area contributed by atoms with Gasteiger partial charge in [0.25, 0.3) is 0 Å². The van der Waals surface area contributed by atoms with Crippen LogP contribution in [-0.2, 0) is 10.2 Å². The molecule has 1 saturated heterocycles. The summed E-state index contributed by atoms with van der Waals surface area (Å²) >= 11 is 12.2. The summed E-state index contributed by atoms with van der Waals surface area (Å²) in [7, 11) is 0. The average Bonchev–Trinajstić information content (AvgIpc) is 3.12. The molecule has 0 bridgehead atoms. The van der Waals surface area contributed by atoms with Gasteiger partial charge >= 0.3 is 5.97 Å². The fourth-order valence-corrected chi connectivity index (χ4v) is 5.96. The lowest BCUT2D eigenvalue weighted by Crippen LogP contribution is -2.43. The lowest BCUT2D eigenvalue weighted by Gasteiger charge is -2.36. The molecule has 4 nitrogen and oxygen atoms in total. The number of carboxylic acid groups (broad SMARTS) is 1. The number of nitriles is 1. The zero-order valence-electron chi connectivity index (χ0n) is 17.5. The van der Waals surface area contributed by atoms with Crippen LogP contribution in [0.3, 0.4) is 0 Å². The largest absolute Gasteiger partial charge is 0.480 e. The maximum atomic E-state index is 15.3. The van der Waals surface area contributed by atoms with Gasteiger partial charge in [0.15, 0.2) is 0 Å². The monoisotopic (exact) mass is 474 g/mol. The molecule has 1 heterocycles. The molecule has 0 aromatic heterocycles. The molecule has 2 aromatic rings. The standard InChI is InChI=1S/C25H25Cl2FN2O2/c26-17-11-9-16(10-12-17)25(14-29)20(13-15-5-2-1-3-6-15)30-23(24(31)32)21(25)18-7-4-8-19(27)22(18)28/h4,7-12,15,20-21,23,30H,1-3,5-6,13H2,(H,31,32)/t20-,21-,23-,25-/m0/s1. The molecule has 32 heavy (non-hydrogen) atoms. The normalized spacial score (nSPS) is 28.4. The van der Waals surface area contributed by atoms with Crippen LogP contribution >= 0.6 is 23.2 Å². The zero-order valence-corrected chi connectivity index (χ0v) is 19.0. The third-order valence-electron chi connectivity index (χ3n) is 7.14. The van der Waals surface area contributed by atoms with Gasteiger partial charge in [0.05, 0.1) is 11.1 Å². The van der Waals surface area contributed by atoms with E-state index in [2.05, 4.69) is 11.4 Å². The fraction of sp³-hybridized carbons (Fsp3) is 0.440. The molecule has 0 radical (unpaired) electrons. The van der Waals surface area contributed by atoms with Crippen LogP contribution < -0.4 is 5.32 Å². The van der Waals surface area contributed by atoms with Gasteiger partial charge in [-0.3, -0.25) is 10.1 Å². The third-order valence-corrected chi connectivity index (χ3v) is 7.68. The highest BCUT2D eigenvalue weighted by atomic mass is 35.5. The minimum absolute atomic E-state index is 0.0923. The van der Waals surface area contributed by atoms with E-state index in [0.717, 1.165) is 25.7 Å². The number of nitrogens with one attached hydrogen (secondary N) is 1. The van der Waals surface area contributed by atoms with E-state index in [1.807, 2.05) is 0 Å². The first-order valence-corrected chi connectivity index (χ1v) is 11.7. The van der Waals surface area contributed by atoms with Gasteiger partial charge in [-0.1, -0.05) is 79.6 Å². The smallest absolute Gasteiger partial charge is 0.321 e. The molecular formula is C25H25Cl2FN2O2. The Labute approximate surface area is 197 Å². The average molecular weight is 475 g/mol. The van der Waals surface area contributed by atoms with E-state index in [4.69, 9.17) is 23.2 Å². The van der Waals surface area contributed by atoms with E-state index >= 15 is 4.39 Å². The van der Waals surface area contributed by atoms with Crippen LogP contribution in [0.5, 0.6) is 0 Å². The molecule has 2 aliphatic rings. The first-order chi connectivity index (χ1) is 15.4. The molecule has 4 rings (SSSR count). The minimum Gasteiger partial charge on any atom is -0.480 e. The van der Waals surface area contributed by atoms with Crippen LogP contribution in [-0.4, -0.2) is 23.2 Å². The zero-order chi connectivity index (χ0) is 22.9. The second-order valence-corrected chi connectivity index (χ2v) is 9.73. The molecule has 4 atom stereocenters. The number of hydrogen-bond donors (Lipinski definition) is 2. The fourth-order valence-electron chi connectivity index (χ4n) is 5.65. The first-order valence-electron chi connectivity index (χ1n) is 11.0. The molecular weight excluding hydrogens is 450 g/mol. The number of benzene rings is 2. The van der Waals surface area contributed by atoms with Gasteiger partial charge in [-0.15, -0.1) is 0 Å². The van der Waals surface area contributed by atoms with Crippen LogP contribution in [0.1, 0.15) is 55.6 Å². The van der Waals surface area contributed by atoms with Crippen molar-refractivity contribution in [2.45, 2.75) is 61.9 Å². The van der Waals surface area contributed by atoms with Gasteiger partial charge in [0.2, 0.25) is 0 Å². The van der Waals surface area contributed by atoms with Crippen molar-refractivity contribution in [1.82, 2.24) is 5.32 Å². The quantitative estimate of drug-likeness (QED) is 0.550. The number of rotatable bonds is 5. The third kappa shape index (κ3) is 4.01. The van der Waals surface area contributed by atoms with E-state index < -0.39 is 35.2 Å². The number of carbonyl (C=O) groups is 1. The Morgan fingerprint density at radius 2 is 1.84 bits per heavy atom. The van der Waals surface area contributed by atoms with Gasteiger partial charge < -0.3 is 5.11 Å². The molecule has 168 valence electrons. The van der Waals surface area contributed by atoms with E-state index in [1.165, 1.54) is 18.6 Å². The Kier molecular flexibility index (Phi) is 6.76. The van der Waals surface area contributed by atoms with Crippen LogP contribution in [0.2, 0.25) is 10.0 Å². The molecule has 1 saturated carbocycles. The van der Waals surface area contributed by atoms with Crippen LogP contribution in [0.4, 0.5) is 4.39 Å². The maximum absolute atomic E-state index is 15.3. The van der Waals surface area contributed by atoms with E-state index in [1.54, 1.807) is 30.3 Å². The lowest BCUT2D eigenvalue weighted by atomic mass is 9.63. The number of hydrogen-bond acceptors (Lipinski definition) is 3. The number of carboxylic acids is 1. The van der Waals surface area contributed by atoms with Crippen LogP contribution in [0.15, 0.2) is 42.5 Å². The molecule has 2 N–H and O–H groups in total. The molecule has 0 amide bonds. The van der Waals surface area contributed by atoms with Crippen molar-refractivity contribution in [3.63, 3.8) is 0 Å². The van der Waals surface area contributed by atoms with E-state index in [-0.39, 0.29) is 10.6 Å². The van der Waals surface area contributed by atoms with Crippen molar-refractivity contribution in [3.05, 3.63) is 69.5 Å². The summed E-state index contributed by atoms with van der Waals surface area (Å²) in [6.45, 7) is 0. The van der Waals surface area contributed by atoms with Crippen molar-refractivity contribution >= 4 is 29.2 Å². The summed E-state index contributed by atoms with van der Waals surface area (Å²) in [5.41, 5.74) is -0.526. The maximum Gasteiger partial charge on any atom is 0.321 e. The van der Waals surface area contributed by atoms with Crippen LogP contribution in [0.25, 0.3) is 0 Å². The highest BCUT2D eigenvalue weighted by Crippen LogP contribution is 2.51. The molecule has 0 unspecified atom stereocenters. The van der Waals surface area contributed by atoms with E-state index in [0.29, 0.717) is 22.9 Å². The summed E-state index contributed by atoms with van der Waals surface area (Å²) in [6, 6.07) is 12.3. The van der Waals surface area contributed by atoms with Gasteiger partial charge in [-0.25, -0.2) is 4.39 Å². The van der Waals surface area contributed by atoms with Crippen molar-refractivity contribution in [1.29, 1.82) is 5.26 Å². The van der Waals surface area contributed by atoms with Crippen LogP contribution in [0, 0.1) is 23.1 Å².